The summed E-state index contributed by atoms with van der Waals surface area (Å²) >= 11 is 0. The molecule has 0 amide bonds. The van der Waals surface area contributed by atoms with Crippen LogP contribution in [0.2, 0.25) is 0 Å². The average molecular weight is 226 g/mol. The highest BCUT2D eigenvalue weighted by Gasteiger charge is 2.06. The first-order chi connectivity index (χ1) is 7.69. The molecule has 1 aromatic rings. The monoisotopic (exact) mass is 226 g/mol. The van der Waals surface area contributed by atoms with E-state index in [2.05, 4.69) is 20.6 Å². The number of aliphatic hydroxyl groups is 1. The van der Waals surface area contributed by atoms with Gasteiger partial charge in [0.2, 0.25) is 0 Å². The van der Waals surface area contributed by atoms with Crippen molar-refractivity contribution in [1.29, 1.82) is 0 Å². The highest BCUT2D eigenvalue weighted by molar-refractivity contribution is 5.47. The molecule has 1 rings (SSSR count). The molecule has 0 radical (unpaired) electrons. The van der Waals surface area contributed by atoms with Gasteiger partial charge < -0.3 is 20.5 Å². The van der Waals surface area contributed by atoms with Crippen molar-refractivity contribution < 1.29 is 9.84 Å². The molecule has 90 valence electrons. The summed E-state index contributed by atoms with van der Waals surface area (Å²) in [7, 11) is 3.39. The number of anilines is 2. The molecule has 0 aliphatic rings. The molecular weight excluding hydrogens is 208 g/mol. The minimum absolute atomic E-state index is 0.0463. The summed E-state index contributed by atoms with van der Waals surface area (Å²) in [6.07, 6.45) is 0. The van der Waals surface area contributed by atoms with Gasteiger partial charge in [-0.05, 0) is 6.92 Å². The number of nitrogens with one attached hydrogen (secondary N) is 2. The second kappa shape index (κ2) is 6.24. The first-order valence-electron chi connectivity index (χ1n) is 5.11. The lowest BCUT2D eigenvalue weighted by Gasteiger charge is -2.13. The maximum absolute atomic E-state index is 8.95. The van der Waals surface area contributed by atoms with Crippen LogP contribution in [0.25, 0.3) is 0 Å². The summed E-state index contributed by atoms with van der Waals surface area (Å²) in [5.41, 5.74) is 0. The van der Waals surface area contributed by atoms with Crippen molar-refractivity contribution in [2.45, 2.75) is 19.6 Å². The fourth-order valence-electron chi connectivity index (χ4n) is 1.19. The maximum atomic E-state index is 8.95. The Kier molecular flexibility index (Phi) is 4.94. The molecule has 0 aliphatic heterocycles. The first-order valence-corrected chi connectivity index (χ1v) is 5.11. The summed E-state index contributed by atoms with van der Waals surface area (Å²) < 4.78 is 4.98. The van der Waals surface area contributed by atoms with Gasteiger partial charge in [-0.25, -0.2) is 9.97 Å². The van der Waals surface area contributed by atoms with Crippen molar-refractivity contribution in [2.24, 2.45) is 0 Å². The van der Waals surface area contributed by atoms with E-state index in [0.29, 0.717) is 18.2 Å². The standard InChI is InChI=1S/C10H18N4O2/c1-7(5-15)12-9-4-8(11-2)13-10(14-9)6-16-3/h4,7,15H,5-6H2,1-3H3,(H2,11,12,13,14). The van der Waals surface area contributed by atoms with Crippen LogP contribution in [-0.2, 0) is 11.3 Å². The topological polar surface area (TPSA) is 79.3 Å². The molecule has 0 fully saturated rings. The van der Waals surface area contributed by atoms with Gasteiger partial charge in [0.05, 0.1) is 6.61 Å². The maximum Gasteiger partial charge on any atom is 0.158 e. The molecule has 0 bridgehead atoms. The van der Waals surface area contributed by atoms with E-state index < -0.39 is 0 Å². The van der Waals surface area contributed by atoms with E-state index in [-0.39, 0.29) is 12.6 Å². The van der Waals surface area contributed by atoms with Crippen molar-refractivity contribution in [1.82, 2.24) is 9.97 Å². The Balaban J connectivity index is 2.85. The number of rotatable bonds is 6. The molecule has 6 heteroatoms. The summed E-state index contributed by atoms with van der Waals surface area (Å²) in [6, 6.07) is 1.74. The van der Waals surface area contributed by atoms with E-state index in [0.717, 1.165) is 5.82 Å². The van der Waals surface area contributed by atoms with E-state index in [9.17, 15) is 0 Å². The van der Waals surface area contributed by atoms with Crippen LogP contribution in [0.3, 0.4) is 0 Å². The van der Waals surface area contributed by atoms with E-state index >= 15 is 0 Å². The van der Waals surface area contributed by atoms with Crippen LogP contribution in [0.5, 0.6) is 0 Å². The summed E-state index contributed by atoms with van der Waals surface area (Å²) in [6.45, 7) is 2.29. The fourth-order valence-corrected chi connectivity index (χ4v) is 1.19. The van der Waals surface area contributed by atoms with Crippen molar-refractivity contribution in [3.05, 3.63) is 11.9 Å². The number of ether oxygens (including phenoxy) is 1. The SMILES string of the molecule is CNc1cc(NC(C)CO)nc(COC)n1. The van der Waals surface area contributed by atoms with Gasteiger partial charge >= 0.3 is 0 Å². The van der Waals surface area contributed by atoms with Crippen molar-refractivity contribution in [3.8, 4) is 0 Å². The minimum Gasteiger partial charge on any atom is -0.394 e. The first kappa shape index (κ1) is 12.7. The summed E-state index contributed by atoms with van der Waals surface area (Å²) in [5.74, 6) is 1.99. The number of aromatic nitrogens is 2. The summed E-state index contributed by atoms with van der Waals surface area (Å²) in [5, 5.41) is 15.0. The second-order valence-electron chi connectivity index (χ2n) is 3.47. The number of hydrogen-bond acceptors (Lipinski definition) is 6. The Bertz CT molecular complexity index is 333. The van der Waals surface area contributed by atoms with Gasteiger partial charge in [-0.1, -0.05) is 0 Å². The fraction of sp³-hybridized carbons (Fsp3) is 0.600. The molecule has 16 heavy (non-hydrogen) atoms. The van der Waals surface area contributed by atoms with Gasteiger partial charge in [0.25, 0.3) is 0 Å². The Hall–Kier alpha value is -1.40. The molecule has 0 spiro atoms. The number of methoxy groups -OCH3 is 1. The zero-order valence-electron chi connectivity index (χ0n) is 9.82. The van der Waals surface area contributed by atoms with E-state index in [4.69, 9.17) is 9.84 Å². The van der Waals surface area contributed by atoms with Gasteiger partial charge in [-0.3, -0.25) is 0 Å². The van der Waals surface area contributed by atoms with Crippen LogP contribution in [-0.4, -0.2) is 41.9 Å². The van der Waals surface area contributed by atoms with Gasteiger partial charge in [-0.2, -0.15) is 0 Å². The molecule has 1 unspecified atom stereocenters. The Morgan fingerprint density at radius 3 is 2.69 bits per heavy atom. The Morgan fingerprint density at radius 2 is 2.12 bits per heavy atom. The smallest absolute Gasteiger partial charge is 0.158 e. The lowest BCUT2D eigenvalue weighted by atomic mass is 10.3. The van der Waals surface area contributed by atoms with E-state index in [1.807, 2.05) is 6.92 Å². The summed E-state index contributed by atoms with van der Waals surface area (Å²) in [4.78, 5) is 8.49. The highest BCUT2D eigenvalue weighted by Crippen LogP contribution is 2.12. The van der Waals surface area contributed by atoms with Crippen LogP contribution in [0, 0.1) is 0 Å². The van der Waals surface area contributed by atoms with Crippen LogP contribution in [0.15, 0.2) is 6.07 Å². The van der Waals surface area contributed by atoms with Gasteiger partial charge in [0, 0.05) is 26.3 Å². The largest absolute Gasteiger partial charge is 0.394 e. The normalized spacial score (nSPS) is 12.2. The highest BCUT2D eigenvalue weighted by atomic mass is 16.5. The molecule has 0 aromatic carbocycles. The van der Waals surface area contributed by atoms with Crippen molar-refractivity contribution in [3.63, 3.8) is 0 Å². The molecule has 6 nitrogen and oxygen atoms in total. The average Bonchev–Trinajstić information content (AvgIpc) is 2.29. The molecule has 1 aromatic heterocycles. The van der Waals surface area contributed by atoms with E-state index in [1.54, 1.807) is 20.2 Å². The van der Waals surface area contributed by atoms with Gasteiger partial charge in [0.1, 0.15) is 18.2 Å². The van der Waals surface area contributed by atoms with Gasteiger partial charge in [0.15, 0.2) is 5.82 Å². The zero-order chi connectivity index (χ0) is 12.0. The molecule has 0 aliphatic carbocycles. The van der Waals surface area contributed by atoms with Crippen LogP contribution in [0.4, 0.5) is 11.6 Å². The molecule has 0 saturated heterocycles. The third-order valence-corrected chi connectivity index (χ3v) is 1.97. The third-order valence-electron chi connectivity index (χ3n) is 1.97. The number of aliphatic hydroxyl groups excluding tert-OH is 1. The Labute approximate surface area is 95.1 Å². The quantitative estimate of drug-likeness (QED) is 0.654. The van der Waals surface area contributed by atoms with Crippen molar-refractivity contribution in [2.75, 3.05) is 31.4 Å². The van der Waals surface area contributed by atoms with Crippen LogP contribution < -0.4 is 10.6 Å². The predicted molar refractivity (Wildman–Crippen MR) is 62.5 cm³/mol. The third kappa shape index (κ3) is 3.63. The molecule has 3 N–H and O–H groups in total. The van der Waals surface area contributed by atoms with Crippen LogP contribution in [0.1, 0.15) is 12.7 Å². The number of nitrogens with zero attached hydrogens (tertiary/aromatic N) is 2. The Morgan fingerprint density at radius 1 is 1.44 bits per heavy atom. The zero-order valence-corrected chi connectivity index (χ0v) is 9.82. The lowest BCUT2D eigenvalue weighted by molar-refractivity contribution is 0.178. The predicted octanol–water partition coefficient (Wildman–Crippen LogP) is 0.457. The second-order valence-corrected chi connectivity index (χ2v) is 3.47. The molecule has 1 heterocycles. The van der Waals surface area contributed by atoms with Gasteiger partial charge in [-0.15, -0.1) is 0 Å². The minimum atomic E-state index is -0.0463. The lowest BCUT2D eigenvalue weighted by Crippen LogP contribution is -2.20. The molecule has 1 atom stereocenters. The van der Waals surface area contributed by atoms with Crippen LogP contribution >= 0.6 is 0 Å². The van der Waals surface area contributed by atoms with Crippen molar-refractivity contribution >= 4 is 11.6 Å². The molecule has 0 saturated carbocycles. The molecular formula is C10H18N4O2. The number of hydrogen-bond donors (Lipinski definition) is 3. The van der Waals surface area contributed by atoms with E-state index in [1.165, 1.54) is 0 Å².